The lowest BCUT2D eigenvalue weighted by atomic mass is 10.1. The standard InChI is InChI=1S/C16H28N4O/c1-13(2)8-17-9-14-10-18-16(19-11-14)20(3)12-15-6-4-5-7-21-15/h10-11,13,15,17H,4-9,12H2,1-3H3. The summed E-state index contributed by atoms with van der Waals surface area (Å²) in [6.45, 7) is 8.00. The van der Waals surface area contributed by atoms with Gasteiger partial charge in [-0.05, 0) is 31.7 Å². The van der Waals surface area contributed by atoms with E-state index in [9.17, 15) is 0 Å². The molecule has 1 unspecified atom stereocenters. The molecule has 1 fully saturated rings. The first-order chi connectivity index (χ1) is 10.1. The van der Waals surface area contributed by atoms with Gasteiger partial charge in [0, 0.05) is 44.7 Å². The fourth-order valence-corrected chi connectivity index (χ4v) is 2.48. The topological polar surface area (TPSA) is 50.3 Å². The van der Waals surface area contributed by atoms with E-state index in [2.05, 4.69) is 34.0 Å². The summed E-state index contributed by atoms with van der Waals surface area (Å²) >= 11 is 0. The smallest absolute Gasteiger partial charge is 0.225 e. The van der Waals surface area contributed by atoms with Gasteiger partial charge in [0.05, 0.1) is 6.10 Å². The molecule has 1 atom stereocenters. The average Bonchev–Trinajstić information content (AvgIpc) is 2.48. The van der Waals surface area contributed by atoms with Gasteiger partial charge in [-0.25, -0.2) is 9.97 Å². The molecule has 1 saturated heterocycles. The van der Waals surface area contributed by atoms with E-state index in [0.29, 0.717) is 12.0 Å². The van der Waals surface area contributed by atoms with Crippen LogP contribution in [0.2, 0.25) is 0 Å². The molecule has 0 aliphatic carbocycles. The van der Waals surface area contributed by atoms with Crippen molar-refractivity contribution in [2.75, 3.05) is 31.6 Å². The number of ether oxygens (including phenoxy) is 1. The second-order valence-corrected chi connectivity index (χ2v) is 6.29. The van der Waals surface area contributed by atoms with Crippen LogP contribution in [0.5, 0.6) is 0 Å². The highest BCUT2D eigenvalue weighted by molar-refractivity contribution is 5.28. The van der Waals surface area contributed by atoms with Gasteiger partial charge in [0.1, 0.15) is 0 Å². The van der Waals surface area contributed by atoms with Gasteiger partial charge in [0.2, 0.25) is 5.95 Å². The minimum absolute atomic E-state index is 0.319. The van der Waals surface area contributed by atoms with Crippen molar-refractivity contribution in [2.45, 2.75) is 45.8 Å². The van der Waals surface area contributed by atoms with Crippen molar-refractivity contribution in [3.8, 4) is 0 Å². The number of anilines is 1. The maximum absolute atomic E-state index is 5.76. The van der Waals surface area contributed by atoms with Gasteiger partial charge < -0.3 is 15.0 Å². The van der Waals surface area contributed by atoms with E-state index in [1.165, 1.54) is 12.8 Å². The second kappa shape index (κ2) is 8.29. The highest BCUT2D eigenvalue weighted by Gasteiger charge is 2.17. The molecule has 1 aromatic heterocycles. The van der Waals surface area contributed by atoms with Gasteiger partial charge in [-0.15, -0.1) is 0 Å². The summed E-state index contributed by atoms with van der Waals surface area (Å²) in [7, 11) is 2.03. The number of aromatic nitrogens is 2. The van der Waals surface area contributed by atoms with Crippen LogP contribution >= 0.6 is 0 Å². The van der Waals surface area contributed by atoms with Crippen molar-refractivity contribution in [1.82, 2.24) is 15.3 Å². The molecule has 2 rings (SSSR count). The molecule has 0 bridgehead atoms. The molecule has 1 aliphatic rings. The first-order valence-corrected chi connectivity index (χ1v) is 7.99. The van der Waals surface area contributed by atoms with Crippen LogP contribution in [0, 0.1) is 5.92 Å². The second-order valence-electron chi connectivity index (χ2n) is 6.29. The monoisotopic (exact) mass is 292 g/mol. The van der Waals surface area contributed by atoms with Crippen LogP contribution in [0.3, 0.4) is 0 Å². The zero-order chi connectivity index (χ0) is 15.1. The van der Waals surface area contributed by atoms with E-state index in [0.717, 1.165) is 44.2 Å². The molecule has 21 heavy (non-hydrogen) atoms. The quantitative estimate of drug-likeness (QED) is 0.835. The Balaban J connectivity index is 1.80. The molecule has 0 amide bonds. The van der Waals surface area contributed by atoms with E-state index < -0.39 is 0 Å². The number of nitrogens with one attached hydrogen (secondary N) is 1. The summed E-state index contributed by atoms with van der Waals surface area (Å²) in [4.78, 5) is 11.0. The number of likely N-dealkylation sites (N-methyl/N-ethyl adjacent to an activating group) is 1. The van der Waals surface area contributed by atoms with E-state index in [4.69, 9.17) is 4.74 Å². The minimum atomic E-state index is 0.319. The van der Waals surface area contributed by atoms with Gasteiger partial charge in [-0.2, -0.15) is 0 Å². The minimum Gasteiger partial charge on any atom is -0.376 e. The third-order valence-corrected chi connectivity index (χ3v) is 3.67. The number of rotatable bonds is 7. The molecule has 1 aromatic rings. The highest BCUT2D eigenvalue weighted by Crippen LogP contribution is 2.15. The summed E-state index contributed by atoms with van der Waals surface area (Å²) in [6, 6.07) is 0. The first kappa shape index (κ1) is 16.2. The SMILES string of the molecule is CC(C)CNCc1cnc(N(C)CC2CCCCO2)nc1. The van der Waals surface area contributed by atoms with Gasteiger partial charge in [0.25, 0.3) is 0 Å². The largest absolute Gasteiger partial charge is 0.376 e. The van der Waals surface area contributed by atoms with Crippen molar-refractivity contribution >= 4 is 5.95 Å². The van der Waals surface area contributed by atoms with Gasteiger partial charge in [-0.1, -0.05) is 13.8 Å². The van der Waals surface area contributed by atoms with Gasteiger partial charge >= 0.3 is 0 Å². The Kier molecular flexibility index (Phi) is 6.39. The van der Waals surface area contributed by atoms with Crippen LogP contribution in [0.15, 0.2) is 12.4 Å². The van der Waals surface area contributed by atoms with Gasteiger partial charge in [-0.3, -0.25) is 0 Å². The van der Waals surface area contributed by atoms with Crippen LogP contribution in [-0.2, 0) is 11.3 Å². The Hall–Kier alpha value is -1.20. The van der Waals surface area contributed by atoms with Crippen molar-refractivity contribution in [2.24, 2.45) is 5.92 Å². The summed E-state index contributed by atoms with van der Waals surface area (Å²) in [5, 5.41) is 3.40. The highest BCUT2D eigenvalue weighted by atomic mass is 16.5. The molecule has 2 heterocycles. The molecule has 0 spiro atoms. The summed E-state index contributed by atoms with van der Waals surface area (Å²) in [5.41, 5.74) is 1.13. The summed E-state index contributed by atoms with van der Waals surface area (Å²) in [5.74, 6) is 1.43. The van der Waals surface area contributed by atoms with Crippen molar-refractivity contribution in [3.05, 3.63) is 18.0 Å². The Morgan fingerprint density at radius 1 is 1.33 bits per heavy atom. The number of nitrogens with zero attached hydrogens (tertiary/aromatic N) is 3. The van der Waals surface area contributed by atoms with Crippen molar-refractivity contribution in [3.63, 3.8) is 0 Å². The predicted octanol–water partition coefficient (Wildman–Crippen LogP) is 2.23. The molecule has 118 valence electrons. The Morgan fingerprint density at radius 2 is 2.10 bits per heavy atom. The summed E-state index contributed by atoms with van der Waals surface area (Å²) in [6.07, 6.45) is 7.73. The molecular weight excluding hydrogens is 264 g/mol. The van der Waals surface area contributed by atoms with Crippen LogP contribution in [0.4, 0.5) is 5.95 Å². The van der Waals surface area contributed by atoms with E-state index in [1.54, 1.807) is 0 Å². The molecule has 5 heteroatoms. The molecular formula is C16H28N4O. The molecule has 1 N–H and O–H groups in total. The lowest BCUT2D eigenvalue weighted by molar-refractivity contribution is 0.0214. The van der Waals surface area contributed by atoms with Crippen molar-refractivity contribution < 1.29 is 4.74 Å². The van der Waals surface area contributed by atoms with E-state index >= 15 is 0 Å². The lowest BCUT2D eigenvalue weighted by Gasteiger charge is -2.27. The zero-order valence-corrected chi connectivity index (χ0v) is 13.5. The van der Waals surface area contributed by atoms with Crippen LogP contribution < -0.4 is 10.2 Å². The third kappa shape index (κ3) is 5.59. The normalized spacial score (nSPS) is 19.0. The van der Waals surface area contributed by atoms with Crippen LogP contribution in [0.1, 0.15) is 38.7 Å². The number of hydrogen-bond donors (Lipinski definition) is 1. The molecule has 0 saturated carbocycles. The fourth-order valence-electron chi connectivity index (χ4n) is 2.48. The van der Waals surface area contributed by atoms with Crippen molar-refractivity contribution in [1.29, 1.82) is 0 Å². The third-order valence-electron chi connectivity index (χ3n) is 3.67. The van der Waals surface area contributed by atoms with Gasteiger partial charge in [0.15, 0.2) is 0 Å². The lowest BCUT2D eigenvalue weighted by Crippen LogP contribution is -2.34. The average molecular weight is 292 g/mol. The molecule has 1 aliphatic heterocycles. The fraction of sp³-hybridized carbons (Fsp3) is 0.750. The first-order valence-electron chi connectivity index (χ1n) is 7.99. The Morgan fingerprint density at radius 3 is 2.71 bits per heavy atom. The molecule has 0 radical (unpaired) electrons. The predicted molar refractivity (Wildman–Crippen MR) is 85.4 cm³/mol. The maximum Gasteiger partial charge on any atom is 0.225 e. The maximum atomic E-state index is 5.76. The Labute approximate surface area is 128 Å². The molecule has 0 aromatic carbocycles. The Bertz CT molecular complexity index is 401. The molecule has 5 nitrogen and oxygen atoms in total. The van der Waals surface area contributed by atoms with Crippen LogP contribution in [0.25, 0.3) is 0 Å². The van der Waals surface area contributed by atoms with Crippen LogP contribution in [-0.4, -0.2) is 42.8 Å². The summed E-state index contributed by atoms with van der Waals surface area (Å²) < 4.78 is 5.76. The van der Waals surface area contributed by atoms with E-state index in [-0.39, 0.29) is 0 Å². The van der Waals surface area contributed by atoms with E-state index in [1.807, 2.05) is 19.4 Å². The number of hydrogen-bond acceptors (Lipinski definition) is 5. The zero-order valence-electron chi connectivity index (χ0n) is 13.5.